The van der Waals surface area contributed by atoms with Crippen LogP contribution in [0.15, 0.2) is 60.3 Å². The molecule has 2 aromatic rings. The molecule has 1 fully saturated rings. The van der Waals surface area contributed by atoms with E-state index in [1.165, 1.54) is 18.2 Å². The first-order chi connectivity index (χ1) is 12.1. The zero-order valence-corrected chi connectivity index (χ0v) is 13.7. The van der Waals surface area contributed by atoms with E-state index in [9.17, 15) is 9.18 Å². The number of allylic oxidation sites excluding steroid dienone is 1. The Morgan fingerprint density at radius 1 is 1.24 bits per heavy atom. The zero-order valence-electron chi connectivity index (χ0n) is 13.7. The van der Waals surface area contributed by atoms with E-state index in [4.69, 9.17) is 14.2 Å². The smallest absolute Gasteiger partial charge is 0.259 e. The van der Waals surface area contributed by atoms with Crippen molar-refractivity contribution in [2.75, 3.05) is 6.79 Å². The van der Waals surface area contributed by atoms with Crippen LogP contribution in [-0.2, 0) is 16.1 Å². The summed E-state index contributed by atoms with van der Waals surface area (Å²) in [7, 11) is 0. The zero-order chi connectivity index (χ0) is 17.6. The summed E-state index contributed by atoms with van der Waals surface area (Å²) in [5, 5.41) is 2.68. The summed E-state index contributed by atoms with van der Waals surface area (Å²) in [6.07, 6.45) is 1.17. The molecule has 0 unspecified atom stereocenters. The summed E-state index contributed by atoms with van der Waals surface area (Å²) in [6.45, 7) is 2.11. The normalized spacial score (nSPS) is 14.7. The highest BCUT2D eigenvalue weighted by Gasteiger charge is 2.19. The summed E-state index contributed by atoms with van der Waals surface area (Å²) >= 11 is 0. The fourth-order valence-corrected chi connectivity index (χ4v) is 2.30. The van der Waals surface area contributed by atoms with Gasteiger partial charge in [-0.25, -0.2) is 4.39 Å². The Labute approximate surface area is 145 Å². The molecule has 1 aliphatic rings. The molecule has 0 atom stereocenters. The molecule has 1 heterocycles. The van der Waals surface area contributed by atoms with Gasteiger partial charge in [-0.2, -0.15) is 0 Å². The van der Waals surface area contributed by atoms with Crippen molar-refractivity contribution in [3.05, 3.63) is 77.2 Å². The van der Waals surface area contributed by atoms with Crippen molar-refractivity contribution in [3.63, 3.8) is 0 Å². The molecule has 0 radical (unpaired) electrons. The molecule has 5 nitrogen and oxygen atoms in total. The van der Waals surface area contributed by atoms with Crippen molar-refractivity contribution in [1.82, 2.24) is 5.32 Å². The third kappa shape index (κ3) is 4.43. The first-order valence-corrected chi connectivity index (χ1v) is 7.81. The van der Waals surface area contributed by atoms with E-state index in [0.717, 1.165) is 5.56 Å². The van der Waals surface area contributed by atoms with Gasteiger partial charge in [-0.3, -0.25) is 4.79 Å². The number of hydrogen-bond donors (Lipinski definition) is 1. The first-order valence-electron chi connectivity index (χ1n) is 7.81. The fraction of sp³-hybridized carbons (Fsp3) is 0.211. The molecule has 0 spiro atoms. The highest BCUT2D eigenvalue weighted by atomic mass is 19.1. The second-order valence-corrected chi connectivity index (χ2v) is 5.51. The molecule has 1 saturated heterocycles. The van der Waals surface area contributed by atoms with E-state index in [-0.39, 0.29) is 24.7 Å². The Morgan fingerprint density at radius 2 is 2.00 bits per heavy atom. The SMILES string of the molecule is C/C(=C\C1OCO1)NC(=O)c1cccc(F)c1OCc1ccccc1. The van der Waals surface area contributed by atoms with Gasteiger partial charge in [0.1, 0.15) is 6.61 Å². The fourth-order valence-electron chi connectivity index (χ4n) is 2.30. The second kappa shape index (κ2) is 7.92. The van der Waals surface area contributed by atoms with Gasteiger partial charge in [-0.05, 0) is 30.7 Å². The molecule has 1 amide bonds. The maximum absolute atomic E-state index is 14.2. The van der Waals surface area contributed by atoms with Crippen LogP contribution in [0.2, 0.25) is 0 Å². The number of nitrogens with one attached hydrogen (secondary N) is 1. The van der Waals surface area contributed by atoms with Crippen molar-refractivity contribution in [1.29, 1.82) is 0 Å². The largest absolute Gasteiger partial charge is 0.485 e. The lowest BCUT2D eigenvalue weighted by Gasteiger charge is -2.24. The van der Waals surface area contributed by atoms with Gasteiger partial charge in [0.05, 0.1) is 5.56 Å². The van der Waals surface area contributed by atoms with E-state index in [1.54, 1.807) is 13.0 Å². The molecule has 0 saturated carbocycles. The van der Waals surface area contributed by atoms with Crippen molar-refractivity contribution in [2.45, 2.75) is 19.8 Å². The molecule has 0 bridgehead atoms. The minimum atomic E-state index is -0.587. The number of amides is 1. The van der Waals surface area contributed by atoms with E-state index < -0.39 is 18.0 Å². The maximum Gasteiger partial charge on any atom is 0.259 e. The Hall–Kier alpha value is -2.70. The monoisotopic (exact) mass is 343 g/mol. The number of hydrogen-bond acceptors (Lipinski definition) is 4. The molecule has 0 aromatic heterocycles. The molecule has 25 heavy (non-hydrogen) atoms. The van der Waals surface area contributed by atoms with Crippen LogP contribution >= 0.6 is 0 Å². The number of carbonyl (C=O) groups excluding carboxylic acids is 1. The lowest BCUT2D eigenvalue weighted by molar-refractivity contribution is -0.296. The van der Waals surface area contributed by atoms with Crippen molar-refractivity contribution >= 4 is 5.91 Å². The predicted octanol–water partition coefficient (Wildman–Crippen LogP) is 3.37. The molecule has 6 heteroatoms. The van der Waals surface area contributed by atoms with Crippen LogP contribution in [0.3, 0.4) is 0 Å². The summed E-state index contributed by atoms with van der Waals surface area (Å²) in [4.78, 5) is 12.4. The average Bonchev–Trinajstić information content (AvgIpc) is 2.58. The average molecular weight is 343 g/mol. The lowest BCUT2D eigenvalue weighted by atomic mass is 10.1. The number of ether oxygens (including phenoxy) is 3. The van der Waals surface area contributed by atoms with Gasteiger partial charge in [0.25, 0.3) is 5.91 Å². The Kier molecular flexibility index (Phi) is 5.42. The molecule has 3 rings (SSSR count). The maximum atomic E-state index is 14.2. The minimum Gasteiger partial charge on any atom is -0.485 e. The Bertz CT molecular complexity index is 772. The first kappa shape index (κ1) is 17.1. The number of rotatable bonds is 6. The predicted molar refractivity (Wildman–Crippen MR) is 89.2 cm³/mol. The third-order valence-corrected chi connectivity index (χ3v) is 3.60. The molecule has 130 valence electrons. The van der Waals surface area contributed by atoms with Gasteiger partial charge in [-0.1, -0.05) is 36.4 Å². The van der Waals surface area contributed by atoms with E-state index in [1.807, 2.05) is 30.3 Å². The van der Waals surface area contributed by atoms with E-state index in [2.05, 4.69) is 5.32 Å². The molecule has 2 aromatic carbocycles. The minimum absolute atomic E-state index is 0.0761. The molecular weight excluding hydrogens is 325 g/mol. The summed E-state index contributed by atoms with van der Waals surface area (Å²) in [6, 6.07) is 13.6. The quantitative estimate of drug-likeness (QED) is 0.874. The Morgan fingerprint density at radius 3 is 2.68 bits per heavy atom. The standard InChI is InChI=1S/C19H18FNO4/c1-13(10-17-24-12-25-17)21-19(22)15-8-5-9-16(20)18(15)23-11-14-6-3-2-4-7-14/h2-10,17H,11-12H2,1H3,(H,21,22)/b13-10+. The van der Waals surface area contributed by atoms with Crippen molar-refractivity contribution < 1.29 is 23.4 Å². The van der Waals surface area contributed by atoms with Gasteiger partial charge in [0.15, 0.2) is 24.6 Å². The lowest BCUT2D eigenvalue weighted by Crippen LogP contribution is -2.31. The number of halogens is 1. The number of benzene rings is 2. The highest BCUT2D eigenvalue weighted by molar-refractivity contribution is 5.97. The summed E-state index contributed by atoms with van der Waals surface area (Å²) in [5.41, 5.74) is 1.56. The van der Waals surface area contributed by atoms with Crippen LogP contribution < -0.4 is 10.1 Å². The number of carbonyl (C=O) groups is 1. The van der Waals surface area contributed by atoms with Crippen LogP contribution in [0.5, 0.6) is 5.75 Å². The van der Waals surface area contributed by atoms with Gasteiger partial charge in [0.2, 0.25) is 0 Å². The molecular formula is C19H18FNO4. The van der Waals surface area contributed by atoms with E-state index >= 15 is 0 Å². The van der Waals surface area contributed by atoms with Gasteiger partial charge >= 0.3 is 0 Å². The van der Waals surface area contributed by atoms with Gasteiger partial charge in [-0.15, -0.1) is 0 Å². The van der Waals surface area contributed by atoms with Crippen LogP contribution in [-0.4, -0.2) is 19.0 Å². The van der Waals surface area contributed by atoms with Crippen molar-refractivity contribution in [2.24, 2.45) is 0 Å². The van der Waals surface area contributed by atoms with Gasteiger partial charge in [0, 0.05) is 5.70 Å². The van der Waals surface area contributed by atoms with E-state index in [0.29, 0.717) is 5.70 Å². The van der Waals surface area contributed by atoms with Crippen LogP contribution in [0.25, 0.3) is 0 Å². The van der Waals surface area contributed by atoms with Gasteiger partial charge < -0.3 is 19.5 Å². The molecule has 1 aliphatic heterocycles. The van der Waals surface area contributed by atoms with Crippen LogP contribution in [0.4, 0.5) is 4.39 Å². The topological polar surface area (TPSA) is 56.8 Å². The Balaban J connectivity index is 1.73. The van der Waals surface area contributed by atoms with Crippen LogP contribution in [0.1, 0.15) is 22.8 Å². The summed E-state index contributed by atoms with van der Waals surface area (Å²) < 4.78 is 29.9. The second-order valence-electron chi connectivity index (χ2n) is 5.51. The molecule has 0 aliphatic carbocycles. The summed E-state index contributed by atoms with van der Waals surface area (Å²) in [5.74, 6) is -1.13. The number of para-hydroxylation sites is 1. The molecule has 1 N–H and O–H groups in total. The van der Waals surface area contributed by atoms with Crippen LogP contribution in [0, 0.1) is 5.82 Å². The third-order valence-electron chi connectivity index (χ3n) is 3.60. The highest BCUT2D eigenvalue weighted by Crippen LogP contribution is 2.24. The van der Waals surface area contributed by atoms with Crippen molar-refractivity contribution in [3.8, 4) is 5.75 Å².